The number of hydrogen-bond donors (Lipinski definition) is 2. The number of nitrogens with one attached hydrogen (secondary N) is 1. The number of amides is 1. The van der Waals surface area contributed by atoms with Crippen LogP contribution in [0.15, 0.2) is 16.7 Å². The maximum Gasteiger partial charge on any atom is 0.255 e. The molecule has 1 heterocycles. The molecular formula is C13H20N2O2. The van der Waals surface area contributed by atoms with Crippen LogP contribution >= 0.6 is 0 Å². The van der Waals surface area contributed by atoms with Crippen molar-refractivity contribution in [3.8, 4) is 0 Å². The van der Waals surface area contributed by atoms with Gasteiger partial charge in [-0.25, -0.2) is 0 Å². The number of carbonyl (C=O) groups is 1. The summed E-state index contributed by atoms with van der Waals surface area (Å²) >= 11 is 0. The smallest absolute Gasteiger partial charge is 0.255 e. The van der Waals surface area contributed by atoms with Gasteiger partial charge in [0.2, 0.25) is 0 Å². The van der Waals surface area contributed by atoms with Crippen LogP contribution in [0.3, 0.4) is 0 Å². The Kier molecular flexibility index (Phi) is 3.84. The number of hydrogen-bond acceptors (Lipinski definition) is 3. The Morgan fingerprint density at radius 2 is 2.41 bits per heavy atom. The molecule has 1 fully saturated rings. The fraction of sp³-hybridized carbons (Fsp3) is 0.615. The summed E-state index contributed by atoms with van der Waals surface area (Å²) in [6.45, 7) is 2.63. The fourth-order valence-corrected chi connectivity index (χ4v) is 2.57. The molecule has 1 aromatic rings. The van der Waals surface area contributed by atoms with Gasteiger partial charge in [0.25, 0.3) is 5.91 Å². The second-order valence-electron chi connectivity index (χ2n) is 4.62. The zero-order valence-corrected chi connectivity index (χ0v) is 10.2. The molecule has 0 saturated heterocycles. The molecule has 94 valence electrons. The average molecular weight is 236 g/mol. The molecule has 4 heteroatoms. The van der Waals surface area contributed by atoms with Crippen LogP contribution in [0.25, 0.3) is 0 Å². The van der Waals surface area contributed by atoms with E-state index in [0.717, 1.165) is 31.4 Å². The van der Waals surface area contributed by atoms with E-state index in [0.29, 0.717) is 18.0 Å². The van der Waals surface area contributed by atoms with E-state index in [9.17, 15) is 4.79 Å². The topological polar surface area (TPSA) is 68.3 Å². The molecular weight excluding hydrogens is 216 g/mol. The Labute approximate surface area is 102 Å². The third-order valence-electron chi connectivity index (χ3n) is 3.59. The molecule has 2 rings (SSSR count). The van der Waals surface area contributed by atoms with Crippen LogP contribution in [0.5, 0.6) is 0 Å². The van der Waals surface area contributed by atoms with Gasteiger partial charge in [0.15, 0.2) is 0 Å². The van der Waals surface area contributed by atoms with Crippen molar-refractivity contribution in [3.63, 3.8) is 0 Å². The van der Waals surface area contributed by atoms with Gasteiger partial charge in [-0.05, 0) is 31.4 Å². The zero-order valence-electron chi connectivity index (χ0n) is 10.2. The Morgan fingerprint density at radius 3 is 3.12 bits per heavy atom. The largest absolute Gasteiger partial charge is 0.469 e. The van der Waals surface area contributed by atoms with Crippen LogP contribution < -0.4 is 11.1 Å². The Hall–Kier alpha value is -1.29. The highest BCUT2D eigenvalue weighted by atomic mass is 16.3. The molecule has 4 nitrogen and oxygen atoms in total. The summed E-state index contributed by atoms with van der Waals surface area (Å²) in [6.07, 6.45) is 5.61. The maximum atomic E-state index is 12.1. The Balaban J connectivity index is 2.01. The van der Waals surface area contributed by atoms with Gasteiger partial charge < -0.3 is 15.5 Å². The van der Waals surface area contributed by atoms with E-state index < -0.39 is 0 Å². The van der Waals surface area contributed by atoms with Gasteiger partial charge in [-0.1, -0.05) is 13.3 Å². The Morgan fingerprint density at radius 1 is 1.59 bits per heavy atom. The predicted molar refractivity (Wildman–Crippen MR) is 65.7 cm³/mol. The van der Waals surface area contributed by atoms with Crippen LogP contribution in [-0.4, -0.2) is 18.5 Å². The number of rotatable bonds is 4. The lowest BCUT2D eigenvalue weighted by Crippen LogP contribution is -2.40. The molecule has 1 aliphatic rings. The minimum absolute atomic E-state index is 0.0269. The van der Waals surface area contributed by atoms with Gasteiger partial charge in [-0.15, -0.1) is 0 Å². The number of nitrogens with two attached hydrogens (primary N) is 1. The van der Waals surface area contributed by atoms with E-state index >= 15 is 0 Å². The Bertz CT molecular complexity index is 387. The second kappa shape index (κ2) is 5.36. The summed E-state index contributed by atoms with van der Waals surface area (Å²) in [7, 11) is 0. The lowest BCUT2D eigenvalue weighted by Gasteiger charge is -2.19. The molecule has 0 aliphatic heterocycles. The van der Waals surface area contributed by atoms with Crippen molar-refractivity contribution in [1.29, 1.82) is 0 Å². The van der Waals surface area contributed by atoms with Crippen LogP contribution in [0.4, 0.5) is 0 Å². The van der Waals surface area contributed by atoms with Crippen molar-refractivity contribution in [1.82, 2.24) is 5.32 Å². The molecule has 0 bridgehead atoms. The van der Waals surface area contributed by atoms with Gasteiger partial charge in [-0.2, -0.15) is 0 Å². The standard InChI is InChI=1S/C13H20N2O2/c1-2-12-10(6-7-17-12)13(16)15-11-5-3-4-9(11)8-14/h6-7,9,11H,2-5,8,14H2,1H3,(H,15,16). The molecule has 2 atom stereocenters. The lowest BCUT2D eigenvalue weighted by molar-refractivity contribution is 0.0927. The molecule has 2 unspecified atom stereocenters. The van der Waals surface area contributed by atoms with Gasteiger partial charge in [0.1, 0.15) is 5.76 Å². The molecule has 1 amide bonds. The summed E-state index contributed by atoms with van der Waals surface area (Å²) in [5.74, 6) is 1.15. The van der Waals surface area contributed by atoms with Crippen molar-refractivity contribution in [2.75, 3.05) is 6.54 Å². The third-order valence-corrected chi connectivity index (χ3v) is 3.59. The predicted octanol–water partition coefficient (Wildman–Crippen LogP) is 1.70. The number of furan rings is 1. The molecule has 0 radical (unpaired) electrons. The average Bonchev–Trinajstić information content (AvgIpc) is 2.96. The summed E-state index contributed by atoms with van der Waals surface area (Å²) in [5, 5.41) is 3.08. The monoisotopic (exact) mass is 236 g/mol. The van der Waals surface area contributed by atoms with E-state index in [4.69, 9.17) is 10.2 Å². The SMILES string of the molecule is CCc1occc1C(=O)NC1CCCC1CN. The quantitative estimate of drug-likeness (QED) is 0.836. The minimum Gasteiger partial charge on any atom is -0.469 e. The van der Waals surface area contributed by atoms with E-state index in [1.807, 2.05) is 6.92 Å². The van der Waals surface area contributed by atoms with Crippen molar-refractivity contribution < 1.29 is 9.21 Å². The van der Waals surface area contributed by atoms with E-state index in [-0.39, 0.29) is 11.9 Å². The highest BCUT2D eigenvalue weighted by Crippen LogP contribution is 2.25. The number of carbonyl (C=O) groups excluding carboxylic acids is 1. The van der Waals surface area contributed by atoms with E-state index in [2.05, 4.69) is 5.32 Å². The number of aryl methyl sites for hydroxylation is 1. The van der Waals surface area contributed by atoms with Crippen molar-refractivity contribution >= 4 is 5.91 Å². The highest BCUT2D eigenvalue weighted by Gasteiger charge is 2.28. The molecule has 17 heavy (non-hydrogen) atoms. The molecule has 1 aliphatic carbocycles. The van der Waals surface area contributed by atoms with Crippen LogP contribution in [-0.2, 0) is 6.42 Å². The van der Waals surface area contributed by atoms with Gasteiger partial charge in [-0.3, -0.25) is 4.79 Å². The van der Waals surface area contributed by atoms with Crippen molar-refractivity contribution in [2.45, 2.75) is 38.6 Å². The normalized spacial score (nSPS) is 23.9. The van der Waals surface area contributed by atoms with Crippen LogP contribution in [0, 0.1) is 5.92 Å². The highest BCUT2D eigenvalue weighted by molar-refractivity contribution is 5.95. The molecule has 1 aromatic heterocycles. The first-order valence-corrected chi connectivity index (χ1v) is 6.33. The lowest BCUT2D eigenvalue weighted by atomic mass is 10.0. The van der Waals surface area contributed by atoms with Crippen LogP contribution in [0.1, 0.15) is 42.3 Å². The molecule has 3 N–H and O–H groups in total. The maximum absolute atomic E-state index is 12.1. The molecule has 0 aromatic carbocycles. The summed E-state index contributed by atoms with van der Waals surface area (Å²) in [5.41, 5.74) is 6.37. The van der Waals surface area contributed by atoms with Gasteiger partial charge in [0, 0.05) is 12.5 Å². The first-order chi connectivity index (χ1) is 8.26. The first-order valence-electron chi connectivity index (χ1n) is 6.33. The third kappa shape index (κ3) is 2.52. The van der Waals surface area contributed by atoms with E-state index in [1.54, 1.807) is 12.3 Å². The molecule has 0 spiro atoms. The first kappa shape index (κ1) is 12.2. The van der Waals surface area contributed by atoms with Crippen molar-refractivity contribution in [3.05, 3.63) is 23.7 Å². The van der Waals surface area contributed by atoms with Crippen LogP contribution in [0.2, 0.25) is 0 Å². The minimum atomic E-state index is -0.0269. The zero-order chi connectivity index (χ0) is 12.3. The summed E-state index contributed by atoms with van der Waals surface area (Å²) < 4.78 is 5.27. The van der Waals surface area contributed by atoms with Gasteiger partial charge >= 0.3 is 0 Å². The molecule has 1 saturated carbocycles. The van der Waals surface area contributed by atoms with E-state index in [1.165, 1.54) is 0 Å². The summed E-state index contributed by atoms with van der Waals surface area (Å²) in [6, 6.07) is 1.97. The summed E-state index contributed by atoms with van der Waals surface area (Å²) in [4.78, 5) is 12.1. The fourth-order valence-electron chi connectivity index (χ4n) is 2.57. The van der Waals surface area contributed by atoms with Gasteiger partial charge in [0.05, 0.1) is 11.8 Å². The van der Waals surface area contributed by atoms with Crippen molar-refractivity contribution in [2.24, 2.45) is 11.7 Å². The second-order valence-corrected chi connectivity index (χ2v) is 4.62.